The number of alkyl halides is 1. The number of rotatable bonds is 16. The summed E-state index contributed by atoms with van der Waals surface area (Å²) >= 11 is 0. The van der Waals surface area contributed by atoms with E-state index >= 15 is 0 Å². The molecule has 0 saturated heterocycles. The summed E-state index contributed by atoms with van der Waals surface area (Å²) < 4.78 is 19.8. The summed E-state index contributed by atoms with van der Waals surface area (Å²) in [5.74, 6) is 0.989. The van der Waals surface area contributed by atoms with Crippen molar-refractivity contribution < 1.29 is 13.9 Å². The largest absolute Gasteiger partial charge is 0.491 e. The predicted molar refractivity (Wildman–Crippen MR) is 145 cm³/mol. The molecule has 0 amide bonds. The van der Waals surface area contributed by atoms with Gasteiger partial charge in [0, 0.05) is 12.0 Å². The number of carbonyl (C=O) groups excluding carboxylic acids is 1. The van der Waals surface area contributed by atoms with E-state index in [1.165, 1.54) is 49.7 Å². The summed E-state index contributed by atoms with van der Waals surface area (Å²) in [5, 5.41) is 0. The van der Waals surface area contributed by atoms with Gasteiger partial charge in [-0.25, -0.2) is 4.39 Å². The smallest absolute Gasteiger partial charge is 0.163 e. The highest BCUT2D eigenvalue weighted by molar-refractivity contribution is 5.99. The number of Topliss-reactive ketones (excluding diaryl/α,β-unsaturated/α-hetero) is 1. The molecule has 0 fully saturated rings. The normalized spacial score (nSPS) is 16.2. The Balaban J connectivity index is 1.48. The van der Waals surface area contributed by atoms with Crippen molar-refractivity contribution in [3.63, 3.8) is 0 Å². The zero-order chi connectivity index (χ0) is 24.9. The van der Waals surface area contributed by atoms with Crippen LogP contribution in [0.25, 0.3) is 0 Å². The average Bonchev–Trinajstić information content (AvgIpc) is 2.88. The third kappa shape index (κ3) is 9.09. The summed E-state index contributed by atoms with van der Waals surface area (Å²) in [4.78, 5) is 12.9. The van der Waals surface area contributed by atoms with Crippen molar-refractivity contribution in [3.8, 4) is 5.75 Å². The van der Waals surface area contributed by atoms with Crippen LogP contribution in [0.3, 0.4) is 0 Å². The highest BCUT2D eigenvalue weighted by Crippen LogP contribution is 2.34. The molecule has 0 bridgehead atoms. The minimum atomic E-state index is -0.952. The maximum absolute atomic E-state index is 14.1. The van der Waals surface area contributed by atoms with Crippen molar-refractivity contribution in [3.05, 3.63) is 64.7 Å². The molecule has 0 aliphatic heterocycles. The van der Waals surface area contributed by atoms with E-state index in [-0.39, 0.29) is 18.3 Å². The first-order valence-electron chi connectivity index (χ1n) is 14.1. The Hall–Kier alpha value is -2.16. The highest BCUT2D eigenvalue weighted by atomic mass is 19.1. The van der Waals surface area contributed by atoms with Gasteiger partial charge in [0.25, 0.3) is 0 Å². The lowest BCUT2D eigenvalue weighted by Crippen LogP contribution is -2.19. The van der Waals surface area contributed by atoms with E-state index in [9.17, 15) is 9.18 Å². The lowest BCUT2D eigenvalue weighted by atomic mass is 9.79. The Morgan fingerprint density at radius 2 is 1.54 bits per heavy atom. The molecule has 0 aromatic heterocycles. The number of unbranched alkanes of at least 4 members (excludes halogenated alkanes) is 8. The standard InChI is InChI=1S/C32H45FO2/c1-3-5-7-9-10-11-13-25-15-17-26(18-16-25)28-21-27-19-20-30(23-31(27)32(34)22-28)35-24-29(33)14-12-8-6-4-2/h15-20,23,28-29H,3-14,21-22,24H2,1-2H3/t28?,29-/m0/s1. The molecule has 3 rings (SSSR count). The van der Waals surface area contributed by atoms with E-state index < -0.39 is 6.17 Å². The van der Waals surface area contributed by atoms with Crippen LogP contribution in [0.5, 0.6) is 5.75 Å². The topological polar surface area (TPSA) is 26.3 Å². The lowest BCUT2D eigenvalue weighted by Gasteiger charge is -2.25. The molecule has 2 atom stereocenters. The van der Waals surface area contributed by atoms with Gasteiger partial charge in [-0.05, 0) is 60.4 Å². The van der Waals surface area contributed by atoms with E-state index in [0.29, 0.717) is 18.6 Å². The first-order valence-corrected chi connectivity index (χ1v) is 14.1. The summed E-state index contributed by atoms with van der Waals surface area (Å²) in [5.41, 5.74) is 4.47. The van der Waals surface area contributed by atoms with Gasteiger partial charge in [0.2, 0.25) is 0 Å². The third-order valence-electron chi connectivity index (χ3n) is 7.35. The van der Waals surface area contributed by atoms with Crippen LogP contribution in [-0.2, 0) is 12.8 Å². The molecule has 2 aromatic rings. The predicted octanol–water partition coefficient (Wildman–Crippen LogP) is 9.19. The number of carbonyl (C=O) groups is 1. The molecule has 35 heavy (non-hydrogen) atoms. The SMILES string of the molecule is CCCCCCCCc1ccc(C2CC(=O)c3cc(OC[C@@H](F)CCCCCC)ccc3C2)cc1. The molecule has 3 heteroatoms. The van der Waals surface area contributed by atoms with Gasteiger partial charge in [0.1, 0.15) is 18.5 Å². The number of ether oxygens (including phenoxy) is 1. The summed E-state index contributed by atoms with van der Waals surface area (Å²) in [7, 11) is 0. The van der Waals surface area contributed by atoms with Crippen molar-refractivity contribution in [2.24, 2.45) is 0 Å². The van der Waals surface area contributed by atoms with Crippen LogP contribution in [0.2, 0.25) is 0 Å². The fourth-order valence-corrected chi connectivity index (χ4v) is 5.12. The minimum absolute atomic E-state index is 0.0623. The molecule has 2 aromatic carbocycles. The van der Waals surface area contributed by atoms with Gasteiger partial charge in [-0.15, -0.1) is 0 Å². The third-order valence-corrected chi connectivity index (χ3v) is 7.35. The minimum Gasteiger partial charge on any atom is -0.491 e. The van der Waals surface area contributed by atoms with Crippen LogP contribution in [0.1, 0.15) is 124 Å². The molecular weight excluding hydrogens is 435 g/mol. The molecule has 0 radical (unpaired) electrons. The maximum atomic E-state index is 14.1. The van der Waals surface area contributed by atoms with Crippen molar-refractivity contribution in [1.29, 1.82) is 0 Å². The van der Waals surface area contributed by atoms with Crippen molar-refractivity contribution in [2.45, 2.75) is 116 Å². The average molecular weight is 481 g/mol. The zero-order valence-electron chi connectivity index (χ0n) is 22.0. The van der Waals surface area contributed by atoms with Crippen LogP contribution in [0.15, 0.2) is 42.5 Å². The van der Waals surface area contributed by atoms with E-state index in [1.54, 1.807) is 0 Å². The molecule has 0 spiro atoms. The molecule has 1 unspecified atom stereocenters. The number of benzene rings is 2. The summed E-state index contributed by atoms with van der Waals surface area (Å²) in [6.45, 7) is 4.47. The quantitative estimate of drug-likeness (QED) is 0.224. The van der Waals surface area contributed by atoms with Crippen LogP contribution >= 0.6 is 0 Å². The number of fused-ring (bicyclic) bond motifs is 1. The van der Waals surface area contributed by atoms with Gasteiger partial charge >= 0.3 is 0 Å². The van der Waals surface area contributed by atoms with Crippen LogP contribution in [-0.4, -0.2) is 18.6 Å². The molecule has 0 heterocycles. The molecule has 1 aliphatic rings. The Kier molecular flexibility index (Phi) is 11.8. The van der Waals surface area contributed by atoms with Gasteiger partial charge < -0.3 is 4.74 Å². The van der Waals surface area contributed by atoms with Crippen LogP contribution in [0, 0.1) is 0 Å². The van der Waals surface area contributed by atoms with E-state index in [1.807, 2.05) is 18.2 Å². The van der Waals surface area contributed by atoms with Gasteiger partial charge in [0.05, 0.1) is 0 Å². The molecule has 2 nitrogen and oxygen atoms in total. The molecular formula is C32H45FO2. The van der Waals surface area contributed by atoms with E-state index in [2.05, 4.69) is 38.1 Å². The maximum Gasteiger partial charge on any atom is 0.163 e. The highest BCUT2D eigenvalue weighted by Gasteiger charge is 2.26. The summed E-state index contributed by atoms with van der Waals surface area (Å²) in [6.07, 6.45) is 14.3. The second-order valence-corrected chi connectivity index (χ2v) is 10.4. The first-order chi connectivity index (χ1) is 17.1. The van der Waals surface area contributed by atoms with E-state index in [0.717, 1.165) is 49.7 Å². The van der Waals surface area contributed by atoms with Gasteiger partial charge in [-0.1, -0.05) is 102 Å². The van der Waals surface area contributed by atoms with Gasteiger partial charge in [-0.3, -0.25) is 4.79 Å². The fraction of sp³-hybridized carbons (Fsp3) is 0.594. The van der Waals surface area contributed by atoms with Crippen LogP contribution < -0.4 is 4.74 Å². The number of hydrogen-bond acceptors (Lipinski definition) is 2. The van der Waals surface area contributed by atoms with Crippen LogP contribution in [0.4, 0.5) is 4.39 Å². The van der Waals surface area contributed by atoms with Gasteiger partial charge in [0.15, 0.2) is 5.78 Å². The second kappa shape index (κ2) is 15.1. The number of ketones is 1. The monoisotopic (exact) mass is 480 g/mol. The lowest BCUT2D eigenvalue weighted by molar-refractivity contribution is 0.0963. The summed E-state index contributed by atoms with van der Waals surface area (Å²) in [6, 6.07) is 14.6. The van der Waals surface area contributed by atoms with Crippen molar-refractivity contribution >= 4 is 5.78 Å². The zero-order valence-corrected chi connectivity index (χ0v) is 22.0. The Morgan fingerprint density at radius 3 is 2.29 bits per heavy atom. The Labute approximate surface area is 212 Å². The molecule has 0 N–H and O–H groups in total. The van der Waals surface area contributed by atoms with Gasteiger partial charge in [-0.2, -0.15) is 0 Å². The first kappa shape index (κ1) is 27.4. The number of aryl methyl sites for hydroxylation is 1. The number of halogens is 1. The number of hydrogen-bond donors (Lipinski definition) is 0. The van der Waals surface area contributed by atoms with Crippen molar-refractivity contribution in [1.82, 2.24) is 0 Å². The molecule has 0 saturated carbocycles. The fourth-order valence-electron chi connectivity index (χ4n) is 5.12. The second-order valence-electron chi connectivity index (χ2n) is 10.4. The molecule has 192 valence electrons. The van der Waals surface area contributed by atoms with E-state index in [4.69, 9.17) is 4.74 Å². The molecule has 1 aliphatic carbocycles. The van der Waals surface area contributed by atoms with Crippen molar-refractivity contribution in [2.75, 3.05) is 6.61 Å². The Bertz CT molecular complexity index is 889. The Morgan fingerprint density at radius 1 is 0.857 bits per heavy atom.